The van der Waals surface area contributed by atoms with Crippen molar-refractivity contribution in [1.29, 1.82) is 0 Å². The molecule has 0 aliphatic rings. The van der Waals surface area contributed by atoms with Crippen molar-refractivity contribution >= 4 is 11.6 Å². The van der Waals surface area contributed by atoms with Crippen molar-refractivity contribution in [2.75, 3.05) is 14.1 Å². The van der Waals surface area contributed by atoms with E-state index in [1.807, 2.05) is 14.1 Å². The van der Waals surface area contributed by atoms with Crippen LogP contribution in [0.4, 0.5) is 4.39 Å². The molecule has 2 nitrogen and oxygen atoms in total. The van der Waals surface area contributed by atoms with Crippen molar-refractivity contribution in [2.24, 2.45) is 0 Å². The number of hydrazine groups is 1. The molecule has 0 heterocycles. The average molecular weight is 203 g/mol. The summed E-state index contributed by atoms with van der Waals surface area (Å²) in [4.78, 5) is 0. The Morgan fingerprint density at radius 2 is 2.08 bits per heavy atom. The maximum absolute atomic E-state index is 12.8. The third kappa shape index (κ3) is 3.72. The van der Waals surface area contributed by atoms with Gasteiger partial charge in [-0.15, -0.1) is 0 Å². The van der Waals surface area contributed by atoms with Gasteiger partial charge in [0.1, 0.15) is 5.82 Å². The molecule has 4 heteroatoms. The van der Waals surface area contributed by atoms with Crippen LogP contribution >= 0.6 is 11.6 Å². The molecule has 13 heavy (non-hydrogen) atoms. The number of nitrogens with zero attached hydrogens (tertiary/aromatic N) is 1. The van der Waals surface area contributed by atoms with Crippen molar-refractivity contribution in [3.8, 4) is 0 Å². The molecule has 0 spiro atoms. The molecule has 0 aliphatic heterocycles. The predicted octanol–water partition coefficient (Wildman–Crippen LogP) is 2.05. The summed E-state index contributed by atoms with van der Waals surface area (Å²) in [5.41, 5.74) is 3.86. The van der Waals surface area contributed by atoms with Crippen LogP contribution in [-0.4, -0.2) is 19.1 Å². The van der Waals surface area contributed by atoms with Gasteiger partial charge in [-0.2, -0.15) is 0 Å². The van der Waals surface area contributed by atoms with E-state index in [-0.39, 0.29) is 5.82 Å². The fourth-order valence-electron chi connectivity index (χ4n) is 0.962. The molecule has 0 unspecified atom stereocenters. The number of halogens is 2. The third-order valence-electron chi connectivity index (χ3n) is 1.52. The van der Waals surface area contributed by atoms with Gasteiger partial charge in [-0.3, -0.25) is 10.4 Å². The van der Waals surface area contributed by atoms with Crippen molar-refractivity contribution in [3.63, 3.8) is 0 Å². The van der Waals surface area contributed by atoms with Crippen LogP contribution in [0.2, 0.25) is 5.02 Å². The van der Waals surface area contributed by atoms with Gasteiger partial charge in [-0.05, 0) is 23.8 Å². The van der Waals surface area contributed by atoms with Crippen LogP contribution in [0.1, 0.15) is 5.56 Å². The lowest BCUT2D eigenvalue weighted by Gasteiger charge is -2.11. The van der Waals surface area contributed by atoms with Crippen molar-refractivity contribution in [3.05, 3.63) is 34.6 Å². The first-order chi connectivity index (χ1) is 6.08. The molecule has 0 bridgehead atoms. The van der Waals surface area contributed by atoms with Crippen LogP contribution in [0.25, 0.3) is 0 Å². The number of hydrogen-bond acceptors (Lipinski definition) is 2. The summed E-state index contributed by atoms with van der Waals surface area (Å²) in [6.07, 6.45) is 0. The van der Waals surface area contributed by atoms with E-state index in [1.54, 1.807) is 11.1 Å². The monoisotopic (exact) mass is 202 g/mol. The van der Waals surface area contributed by atoms with Gasteiger partial charge < -0.3 is 0 Å². The second-order valence-electron chi connectivity index (χ2n) is 3.01. The number of nitrogens with one attached hydrogen (secondary N) is 1. The summed E-state index contributed by atoms with van der Waals surface area (Å²) in [5, 5.41) is 2.23. The molecule has 0 aromatic heterocycles. The lowest BCUT2D eigenvalue weighted by atomic mass is 10.2. The van der Waals surface area contributed by atoms with E-state index in [4.69, 9.17) is 11.6 Å². The quantitative estimate of drug-likeness (QED) is 0.755. The van der Waals surface area contributed by atoms with E-state index in [2.05, 4.69) is 5.43 Å². The van der Waals surface area contributed by atoms with E-state index >= 15 is 0 Å². The summed E-state index contributed by atoms with van der Waals surface area (Å²) >= 11 is 5.68. The highest BCUT2D eigenvalue weighted by Gasteiger charge is 1.99. The average Bonchev–Trinajstić information content (AvgIpc) is 1.99. The first-order valence-corrected chi connectivity index (χ1v) is 4.31. The van der Waals surface area contributed by atoms with E-state index in [0.717, 1.165) is 5.56 Å². The lowest BCUT2D eigenvalue weighted by molar-refractivity contribution is 0.286. The Balaban J connectivity index is 2.66. The largest absolute Gasteiger partial charge is 0.251 e. The molecule has 1 aromatic carbocycles. The Labute approximate surface area is 82.3 Å². The second kappa shape index (κ2) is 4.56. The molecular formula is C9H12ClFN2. The first-order valence-electron chi connectivity index (χ1n) is 3.94. The molecule has 0 saturated heterocycles. The van der Waals surface area contributed by atoms with Gasteiger partial charge in [0.15, 0.2) is 0 Å². The van der Waals surface area contributed by atoms with Crippen LogP contribution < -0.4 is 5.43 Å². The van der Waals surface area contributed by atoms with Gasteiger partial charge >= 0.3 is 0 Å². The zero-order valence-corrected chi connectivity index (χ0v) is 8.40. The molecule has 72 valence electrons. The molecule has 0 amide bonds. The SMILES string of the molecule is CN(C)NCc1cc(F)cc(Cl)c1. The molecule has 0 aliphatic carbocycles. The zero-order valence-electron chi connectivity index (χ0n) is 7.64. The van der Waals surface area contributed by atoms with Crippen LogP contribution in [0, 0.1) is 5.82 Å². The summed E-state index contributed by atoms with van der Waals surface area (Å²) < 4.78 is 12.8. The fraction of sp³-hybridized carbons (Fsp3) is 0.333. The summed E-state index contributed by atoms with van der Waals surface area (Å²) in [6, 6.07) is 4.49. The molecule has 0 radical (unpaired) electrons. The van der Waals surface area contributed by atoms with Gasteiger partial charge in [0.25, 0.3) is 0 Å². The minimum Gasteiger partial charge on any atom is -0.251 e. The highest BCUT2D eigenvalue weighted by molar-refractivity contribution is 6.30. The molecule has 0 fully saturated rings. The number of rotatable bonds is 3. The van der Waals surface area contributed by atoms with Gasteiger partial charge in [0.2, 0.25) is 0 Å². The Morgan fingerprint density at radius 1 is 1.38 bits per heavy atom. The van der Waals surface area contributed by atoms with Crippen molar-refractivity contribution in [1.82, 2.24) is 10.4 Å². The molecule has 1 aromatic rings. The van der Waals surface area contributed by atoms with E-state index in [9.17, 15) is 4.39 Å². The maximum Gasteiger partial charge on any atom is 0.125 e. The Morgan fingerprint density at radius 3 is 2.62 bits per heavy atom. The second-order valence-corrected chi connectivity index (χ2v) is 3.44. The van der Waals surface area contributed by atoms with Crippen LogP contribution in [-0.2, 0) is 6.54 Å². The lowest BCUT2D eigenvalue weighted by Crippen LogP contribution is -2.29. The van der Waals surface area contributed by atoms with Gasteiger partial charge in [0.05, 0.1) is 0 Å². The van der Waals surface area contributed by atoms with E-state index in [1.165, 1.54) is 12.1 Å². The third-order valence-corrected chi connectivity index (χ3v) is 1.74. The van der Waals surface area contributed by atoms with Crippen LogP contribution in [0.15, 0.2) is 18.2 Å². The normalized spacial score (nSPS) is 10.8. The van der Waals surface area contributed by atoms with Crippen molar-refractivity contribution in [2.45, 2.75) is 6.54 Å². The summed E-state index contributed by atoms with van der Waals surface area (Å²) in [5.74, 6) is -0.303. The Kier molecular flexibility index (Phi) is 3.66. The van der Waals surface area contributed by atoms with E-state index in [0.29, 0.717) is 11.6 Å². The molecule has 1 rings (SSSR count). The molecule has 1 N–H and O–H groups in total. The van der Waals surface area contributed by atoms with E-state index < -0.39 is 0 Å². The van der Waals surface area contributed by atoms with Crippen LogP contribution in [0.5, 0.6) is 0 Å². The minimum absolute atomic E-state index is 0.303. The highest BCUT2D eigenvalue weighted by atomic mass is 35.5. The Hall–Kier alpha value is -0.640. The van der Waals surface area contributed by atoms with Gasteiger partial charge in [0, 0.05) is 25.7 Å². The zero-order chi connectivity index (χ0) is 9.84. The Bertz CT molecular complexity index is 269. The fourth-order valence-corrected chi connectivity index (χ4v) is 1.21. The highest BCUT2D eigenvalue weighted by Crippen LogP contribution is 2.13. The smallest absolute Gasteiger partial charge is 0.125 e. The number of benzene rings is 1. The molecule has 0 atom stereocenters. The molecule has 0 saturated carbocycles. The summed E-state index contributed by atoms with van der Waals surface area (Å²) in [6.45, 7) is 0.574. The maximum atomic E-state index is 12.8. The molecular weight excluding hydrogens is 191 g/mol. The van der Waals surface area contributed by atoms with Gasteiger partial charge in [-0.25, -0.2) is 4.39 Å². The van der Waals surface area contributed by atoms with Crippen LogP contribution in [0.3, 0.4) is 0 Å². The predicted molar refractivity (Wildman–Crippen MR) is 51.9 cm³/mol. The first kappa shape index (κ1) is 10.4. The van der Waals surface area contributed by atoms with Crippen molar-refractivity contribution < 1.29 is 4.39 Å². The number of hydrogen-bond donors (Lipinski definition) is 1. The summed E-state index contributed by atoms with van der Waals surface area (Å²) in [7, 11) is 3.75. The standard InChI is InChI=1S/C9H12ClFN2/c1-13(2)12-6-7-3-8(10)5-9(11)4-7/h3-5,12H,6H2,1-2H3. The van der Waals surface area contributed by atoms with Gasteiger partial charge in [-0.1, -0.05) is 11.6 Å². The topological polar surface area (TPSA) is 15.3 Å². The minimum atomic E-state index is -0.303.